The fraction of sp³-hybridized carbons (Fsp3) is 0.429. The van der Waals surface area contributed by atoms with Crippen LogP contribution in [0.1, 0.15) is 36.2 Å². The number of hydrogen-bond acceptors (Lipinski definition) is 5. The van der Waals surface area contributed by atoms with Crippen LogP contribution in [0.25, 0.3) is 0 Å². The first-order valence-electron chi connectivity index (χ1n) is 9.51. The minimum absolute atomic E-state index is 0.269. The molecule has 6 heteroatoms. The Kier molecular flexibility index (Phi) is 6.29. The molecule has 0 spiro atoms. The molecule has 27 heavy (non-hydrogen) atoms. The van der Waals surface area contributed by atoms with Gasteiger partial charge in [0.2, 0.25) is 0 Å². The average molecular weight is 369 g/mol. The second kappa shape index (κ2) is 8.86. The summed E-state index contributed by atoms with van der Waals surface area (Å²) in [6, 6.07) is 11.9. The number of aromatic nitrogens is 1. The van der Waals surface area contributed by atoms with Gasteiger partial charge in [-0.3, -0.25) is 4.90 Å². The van der Waals surface area contributed by atoms with E-state index < -0.39 is 5.97 Å². The maximum atomic E-state index is 11.5. The lowest BCUT2D eigenvalue weighted by Gasteiger charge is -2.28. The summed E-state index contributed by atoms with van der Waals surface area (Å²) in [7, 11) is 0. The number of aromatic carboxylic acids is 1. The number of ether oxygens (including phenoxy) is 1. The van der Waals surface area contributed by atoms with E-state index in [1.165, 1.54) is 5.56 Å². The van der Waals surface area contributed by atoms with Gasteiger partial charge in [-0.1, -0.05) is 19.1 Å². The molecule has 2 aromatic rings. The molecule has 1 atom stereocenters. The molecule has 0 bridgehead atoms. The summed E-state index contributed by atoms with van der Waals surface area (Å²) >= 11 is 0. The van der Waals surface area contributed by atoms with Crippen molar-refractivity contribution in [2.24, 2.45) is 0 Å². The Hall–Kier alpha value is -2.60. The Bertz CT molecular complexity index is 781. The molecule has 1 N–H and O–H groups in total. The van der Waals surface area contributed by atoms with Crippen LogP contribution < -0.4 is 9.64 Å². The van der Waals surface area contributed by atoms with Crippen LogP contribution >= 0.6 is 0 Å². The molecule has 1 aromatic carbocycles. The van der Waals surface area contributed by atoms with E-state index in [4.69, 9.17) is 4.74 Å². The molecule has 1 aromatic heterocycles. The van der Waals surface area contributed by atoms with E-state index in [1.807, 2.05) is 19.1 Å². The maximum absolute atomic E-state index is 11.5. The van der Waals surface area contributed by atoms with Crippen molar-refractivity contribution < 1.29 is 14.6 Å². The zero-order valence-corrected chi connectivity index (χ0v) is 16.0. The lowest BCUT2D eigenvalue weighted by Crippen LogP contribution is -2.37. The Morgan fingerprint density at radius 3 is 2.93 bits per heavy atom. The fourth-order valence-corrected chi connectivity index (χ4v) is 3.68. The monoisotopic (exact) mass is 369 g/mol. The number of carboxylic acid groups (broad SMARTS) is 1. The van der Waals surface area contributed by atoms with Crippen molar-refractivity contribution in [3.8, 4) is 5.75 Å². The Labute approximate surface area is 160 Å². The van der Waals surface area contributed by atoms with Gasteiger partial charge >= 0.3 is 5.97 Å². The third-order valence-corrected chi connectivity index (χ3v) is 5.00. The Morgan fingerprint density at radius 2 is 2.19 bits per heavy atom. The molecule has 1 aliphatic rings. The van der Waals surface area contributed by atoms with Crippen molar-refractivity contribution >= 4 is 11.8 Å². The van der Waals surface area contributed by atoms with Crippen molar-refractivity contribution in [1.29, 1.82) is 0 Å². The van der Waals surface area contributed by atoms with Crippen LogP contribution in [0.15, 0.2) is 42.6 Å². The van der Waals surface area contributed by atoms with E-state index in [9.17, 15) is 9.90 Å². The number of carbonyl (C=O) groups is 1. The van der Waals surface area contributed by atoms with Gasteiger partial charge in [0.25, 0.3) is 0 Å². The smallest absolute Gasteiger partial charge is 0.339 e. The van der Waals surface area contributed by atoms with Crippen molar-refractivity contribution in [3.05, 3.63) is 53.7 Å². The third-order valence-electron chi connectivity index (χ3n) is 5.00. The van der Waals surface area contributed by atoms with Crippen LogP contribution in [0, 0.1) is 0 Å². The van der Waals surface area contributed by atoms with Gasteiger partial charge in [0.15, 0.2) is 0 Å². The summed E-state index contributed by atoms with van der Waals surface area (Å²) in [5.41, 5.74) is 1.50. The van der Waals surface area contributed by atoms with Crippen LogP contribution in [-0.4, -0.2) is 53.2 Å². The first-order chi connectivity index (χ1) is 13.1. The normalized spacial score (nSPS) is 16.7. The molecule has 1 saturated heterocycles. The second-order valence-corrected chi connectivity index (χ2v) is 6.71. The molecule has 1 fully saturated rings. The molecule has 0 unspecified atom stereocenters. The van der Waals surface area contributed by atoms with Gasteiger partial charge in [-0.05, 0) is 49.7 Å². The first kappa shape index (κ1) is 19.2. The van der Waals surface area contributed by atoms with Gasteiger partial charge in [-0.15, -0.1) is 0 Å². The number of pyridine rings is 1. The predicted octanol–water partition coefficient (Wildman–Crippen LogP) is 3.28. The van der Waals surface area contributed by atoms with Crippen molar-refractivity contribution in [2.45, 2.75) is 32.9 Å². The SMILES string of the molecule is CCOc1cccc(CN(CC)[C@@H]2CCN(c3ncccc3C(=O)O)C2)c1. The number of anilines is 1. The zero-order chi connectivity index (χ0) is 19.2. The van der Waals surface area contributed by atoms with Crippen LogP contribution in [0.5, 0.6) is 5.75 Å². The summed E-state index contributed by atoms with van der Waals surface area (Å²) in [6.07, 6.45) is 2.65. The van der Waals surface area contributed by atoms with Gasteiger partial charge in [0.05, 0.1) is 6.61 Å². The molecule has 3 rings (SSSR count). The van der Waals surface area contributed by atoms with E-state index in [2.05, 4.69) is 33.8 Å². The largest absolute Gasteiger partial charge is 0.494 e. The van der Waals surface area contributed by atoms with Gasteiger partial charge < -0.3 is 14.7 Å². The molecule has 0 radical (unpaired) electrons. The number of rotatable bonds is 8. The minimum Gasteiger partial charge on any atom is -0.494 e. The maximum Gasteiger partial charge on any atom is 0.339 e. The highest BCUT2D eigenvalue weighted by atomic mass is 16.5. The van der Waals surface area contributed by atoms with E-state index in [-0.39, 0.29) is 5.56 Å². The Morgan fingerprint density at radius 1 is 1.33 bits per heavy atom. The molecular weight excluding hydrogens is 342 g/mol. The highest BCUT2D eigenvalue weighted by Crippen LogP contribution is 2.26. The lowest BCUT2D eigenvalue weighted by atomic mass is 10.1. The summed E-state index contributed by atoms with van der Waals surface area (Å²) in [4.78, 5) is 20.3. The zero-order valence-electron chi connectivity index (χ0n) is 16.0. The van der Waals surface area contributed by atoms with Gasteiger partial charge in [0.1, 0.15) is 17.1 Å². The molecule has 0 saturated carbocycles. The quantitative estimate of drug-likeness (QED) is 0.770. The van der Waals surface area contributed by atoms with Crippen LogP contribution in [-0.2, 0) is 6.54 Å². The van der Waals surface area contributed by atoms with Crippen LogP contribution in [0.4, 0.5) is 5.82 Å². The van der Waals surface area contributed by atoms with Gasteiger partial charge in [0, 0.05) is 31.9 Å². The lowest BCUT2D eigenvalue weighted by molar-refractivity contribution is 0.0697. The van der Waals surface area contributed by atoms with Crippen LogP contribution in [0.3, 0.4) is 0 Å². The summed E-state index contributed by atoms with van der Waals surface area (Å²) in [6.45, 7) is 8.21. The minimum atomic E-state index is -0.929. The Balaban J connectivity index is 1.70. The number of nitrogens with zero attached hydrogens (tertiary/aromatic N) is 3. The molecule has 0 amide bonds. The molecule has 144 valence electrons. The summed E-state index contributed by atoms with van der Waals surface area (Å²) in [5.74, 6) is 0.544. The van der Waals surface area contributed by atoms with Crippen molar-refractivity contribution in [2.75, 3.05) is 31.1 Å². The topological polar surface area (TPSA) is 65.9 Å². The molecular formula is C21H27N3O3. The van der Waals surface area contributed by atoms with E-state index in [0.29, 0.717) is 18.5 Å². The van der Waals surface area contributed by atoms with E-state index >= 15 is 0 Å². The summed E-state index contributed by atoms with van der Waals surface area (Å²) < 4.78 is 5.61. The van der Waals surface area contributed by atoms with Gasteiger partial charge in [-0.25, -0.2) is 9.78 Å². The first-order valence-corrected chi connectivity index (χ1v) is 9.51. The standard InChI is InChI=1S/C21H27N3O3/c1-3-23(14-16-7-5-8-18(13-16)27-4-2)17-10-12-24(15-17)20-19(21(25)26)9-6-11-22-20/h5-9,11,13,17H,3-4,10,12,14-15H2,1-2H3,(H,25,26)/t17-/m1/s1. The highest BCUT2D eigenvalue weighted by Gasteiger charge is 2.29. The molecule has 6 nitrogen and oxygen atoms in total. The van der Waals surface area contributed by atoms with E-state index in [1.54, 1.807) is 18.3 Å². The number of likely N-dealkylation sites (N-methyl/N-ethyl adjacent to an activating group) is 1. The van der Waals surface area contributed by atoms with Crippen molar-refractivity contribution in [1.82, 2.24) is 9.88 Å². The number of benzene rings is 1. The molecule has 0 aliphatic carbocycles. The molecule has 2 heterocycles. The van der Waals surface area contributed by atoms with Gasteiger partial charge in [-0.2, -0.15) is 0 Å². The molecule has 1 aliphatic heterocycles. The number of carboxylic acids is 1. The average Bonchev–Trinajstić information content (AvgIpc) is 3.16. The highest BCUT2D eigenvalue weighted by molar-refractivity contribution is 5.93. The summed E-state index contributed by atoms with van der Waals surface area (Å²) in [5, 5.41) is 9.42. The number of hydrogen-bond donors (Lipinski definition) is 1. The second-order valence-electron chi connectivity index (χ2n) is 6.71. The predicted molar refractivity (Wildman–Crippen MR) is 106 cm³/mol. The van der Waals surface area contributed by atoms with E-state index in [0.717, 1.165) is 38.3 Å². The van der Waals surface area contributed by atoms with Crippen molar-refractivity contribution in [3.63, 3.8) is 0 Å². The van der Waals surface area contributed by atoms with Crippen LogP contribution in [0.2, 0.25) is 0 Å². The fourth-order valence-electron chi connectivity index (χ4n) is 3.68. The third kappa shape index (κ3) is 4.57.